The van der Waals surface area contributed by atoms with Crippen LogP contribution in [0.15, 0.2) is 18.2 Å². The third-order valence-electron chi connectivity index (χ3n) is 3.19. The smallest absolute Gasteiger partial charge is 0.242 e. The highest BCUT2D eigenvalue weighted by atomic mass is 35.5. The standard InChI is InChI=1S/C13H14Cl3NO/c14-10-7-3-6-9(11(10)15)12(16)13(18)17-8-4-1-2-5-8/h3,6-8,12H,1-2,4-5H2,(H,17,18). The minimum absolute atomic E-state index is 0.201. The Morgan fingerprint density at radius 2 is 1.94 bits per heavy atom. The van der Waals surface area contributed by atoms with Gasteiger partial charge < -0.3 is 5.32 Å². The van der Waals surface area contributed by atoms with E-state index in [-0.39, 0.29) is 11.9 Å². The van der Waals surface area contributed by atoms with Crippen molar-refractivity contribution in [1.82, 2.24) is 5.32 Å². The predicted molar refractivity (Wildman–Crippen MR) is 75.5 cm³/mol. The summed E-state index contributed by atoms with van der Waals surface area (Å²) in [7, 11) is 0. The molecule has 1 aromatic carbocycles. The molecule has 0 radical (unpaired) electrons. The molecule has 1 atom stereocenters. The monoisotopic (exact) mass is 305 g/mol. The normalized spacial score (nSPS) is 17.7. The van der Waals surface area contributed by atoms with Crippen molar-refractivity contribution in [3.8, 4) is 0 Å². The van der Waals surface area contributed by atoms with Gasteiger partial charge in [0, 0.05) is 6.04 Å². The van der Waals surface area contributed by atoms with E-state index in [1.54, 1.807) is 18.2 Å². The molecule has 0 spiro atoms. The summed E-state index contributed by atoms with van der Waals surface area (Å²) >= 11 is 18.1. The Balaban J connectivity index is 2.07. The maximum Gasteiger partial charge on any atom is 0.242 e. The van der Waals surface area contributed by atoms with Crippen LogP contribution in [0.1, 0.15) is 36.6 Å². The van der Waals surface area contributed by atoms with Crippen LogP contribution in [0.3, 0.4) is 0 Å². The minimum atomic E-state index is -0.795. The first-order valence-electron chi connectivity index (χ1n) is 5.98. The third-order valence-corrected chi connectivity index (χ3v) is 4.45. The van der Waals surface area contributed by atoms with E-state index in [1.165, 1.54) is 0 Å². The quantitative estimate of drug-likeness (QED) is 0.827. The maximum atomic E-state index is 12.0. The number of hydrogen-bond acceptors (Lipinski definition) is 1. The van der Waals surface area contributed by atoms with E-state index in [9.17, 15) is 4.79 Å². The Morgan fingerprint density at radius 1 is 1.28 bits per heavy atom. The number of carbonyl (C=O) groups excluding carboxylic acids is 1. The van der Waals surface area contributed by atoms with Crippen LogP contribution in [-0.4, -0.2) is 11.9 Å². The number of halogens is 3. The Hall–Kier alpha value is -0.440. The van der Waals surface area contributed by atoms with E-state index in [4.69, 9.17) is 34.8 Å². The first kappa shape index (κ1) is 14.0. The lowest BCUT2D eigenvalue weighted by atomic mass is 10.1. The van der Waals surface area contributed by atoms with Crippen LogP contribution >= 0.6 is 34.8 Å². The van der Waals surface area contributed by atoms with Gasteiger partial charge in [0.05, 0.1) is 10.0 Å². The second kappa shape index (κ2) is 6.14. The van der Waals surface area contributed by atoms with Crippen molar-refractivity contribution in [3.63, 3.8) is 0 Å². The lowest BCUT2D eigenvalue weighted by molar-refractivity contribution is -0.121. The fraction of sp³-hybridized carbons (Fsp3) is 0.462. The number of amides is 1. The summed E-state index contributed by atoms with van der Waals surface area (Å²) in [6, 6.07) is 5.38. The van der Waals surface area contributed by atoms with Crippen LogP contribution in [0.4, 0.5) is 0 Å². The summed E-state index contributed by atoms with van der Waals surface area (Å²) in [5.74, 6) is -0.201. The highest BCUT2D eigenvalue weighted by molar-refractivity contribution is 6.43. The first-order chi connectivity index (χ1) is 8.59. The molecule has 1 unspecified atom stereocenters. The Labute approximate surface area is 122 Å². The van der Waals surface area contributed by atoms with Crippen LogP contribution in [0.2, 0.25) is 10.0 Å². The van der Waals surface area contributed by atoms with Gasteiger partial charge in [-0.25, -0.2) is 0 Å². The second-order valence-corrected chi connectivity index (χ2v) is 5.72. The molecule has 0 bridgehead atoms. The molecule has 1 saturated carbocycles. The van der Waals surface area contributed by atoms with Crippen molar-refractivity contribution in [2.24, 2.45) is 0 Å². The number of alkyl halides is 1. The molecule has 18 heavy (non-hydrogen) atoms. The summed E-state index contributed by atoms with van der Waals surface area (Å²) in [4.78, 5) is 12.0. The molecule has 0 saturated heterocycles. The van der Waals surface area contributed by atoms with Crippen LogP contribution in [0.25, 0.3) is 0 Å². The van der Waals surface area contributed by atoms with Crippen molar-refractivity contribution in [2.45, 2.75) is 37.1 Å². The number of rotatable bonds is 3. The Morgan fingerprint density at radius 3 is 2.61 bits per heavy atom. The summed E-state index contributed by atoms with van der Waals surface area (Å²) < 4.78 is 0. The summed E-state index contributed by atoms with van der Waals surface area (Å²) in [6.07, 6.45) is 4.38. The predicted octanol–water partition coefficient (Wildman–Crippen LogP) is 4.33. The number of hydrogen-bond donors (Lipinski definition) is 1. The average molecular weight is 307 g/mol. The Bertz CT molecular complexity index is 444. The van der Waals surface area contributed by atoms with Gasteiger partial charge in [0.2, 0.25) is 5.91 Å². The van der Waals surface area contributed by atoms with Gasteiger partial charge in [0.1, 0.15) is 5.38 Å². The molecule has 2 rings (SSSR count). The lowest BCUT2D eigenvalue weighted by Crippen LogP contribution is -2.35. The topological polar surface area (TPSA) is 29.1 Å². The van der Waals surface area contributed by atoms with Gasteiger partial charge in [-0.1, -0.05) is 48.2 Å². The molecule has 1 fully saturated rings. The minimum Gasteiger partial charge on any atom is -0.352 e. The van der Waals surface area contributed by atoms with E-state index in [0.29, 0.717) is 15.6 Å². The van der Waals surface area contributed by atoms with Crippen LogP contribution in [0.5, 0.6) is 0 Å². The SMILES string of the molecule is O=C(NC1CCCC1)C(Cl)c1cccc(Cl)c1Cl. The van der Waals surface area contributed by atoms with Gasteiger partial charge in [-0.15, -0.1) is 11.6 Å². The first-order valence-corrected chi connectivity index (χ1v) is 7.17. The number of nitrogens with one attached hydrogen (secondary N) is 1. The van der Waals surface area contributed by atoms with Crippen LogP contribution in [0, 0.1) is 0 Å². The van der Waals surface area contributed by atoms with Crippen molar-refractivity contribution in [3.05, 3.63) is 33.8 Å². The highest BCUT2D eigenvalue weighted by Gasteiger charge is 2.25. The molecule has 98 valence electrons. The van der Waals surface area contributed by atoms with Crippen molar-refractivity contribution < 1.29 is 4.79 Å². The van der Waals surface area contributed by atoms with Gasteiger partial charge in [0.25, 0.3) is 0 Å². The maximum absolute atomic E-state index is 12.0. The molecule has 1 aliphatic carbocycles. The van der Waals surface area contributed by atoms with E-state index in [2.05, 4.69) is 5.32 Å². The van der Waals surface area contributed by atoms with Crippen LogP contribution in [-0.2, 0) is 4.79 Å². The molecule has 1 amide bonds. The van der Waals surface area contributed by atoms with E-state index >= 15 is 0 Å². The molecular formula is C13H14Cl3NO. The number of carbonyl (C=O) groups is 1. The zero-order chi connectivity index (χ0) is 13.1. The van der Waals surface area contributed by atoms with E-state index in [0.717, 1.165) is 25.7 Å². The fourth-order valence-electron chi connectivity index (χ4n) is 2.20. The van der Waals surface area contributed by atoms with Crippen molar-refractivity contribution in [1.29, 1.82) is 0 Å². The largest absolute Gasteiger partial charge is 0.352 e. The second-order valence-electron chi connectivity index (χ2n) is 4.50. The number of benzene rings is 1. The third kappa shape index (κ3) is 3.11. The molecule has 1 aromatic rings. The van der Waals surface area contributed by atoms with Gasteiger partial charge >= 0.3 is 0 Å². The molecule has 0 aliphatic heterocycles. The lowest BCUT2D eigenvalue weighted by Gasteiger charge is -2.16. The zero-order valence-electron chi connectivity index (χ0n) is 9.76. The van der Waals surface area contributed by atoms with Gasteiger partial charge in [-0.2, -0.15) is 0 Å². The average Bonchev–Trinajstić information content (AvgIpc) is 2.84. The summed E-state index contributed by atoms with van der Waals surface area (Å²) in [5, 5.41) is 2.92. The van der Waals surface area contributed by atoms with Gasteiger partial charge in [-0.3, -0.25) is 4.79 Å². The molecule has 2 nitrogen and oxygen atoms in total. The molecule has 0 aromatic heterocycles. The summed E-state index contributed by atoms with van der Waals surface area (Å²) in [5.41, 5.74) is 0.557. The molecule has 0 heterocycles. The van der Waals surface area contributed by atoms with Gasteiger partial charge in [0.15, 0.2) is 0 Å². The molecule has 5 heteroatoms. The fourth-order valence-corrected chi connectivity index (χ4v) is 2.92. The highest BCUT2D eigenvalue weighted by Crippen LogP contribution is 2.33. The van der Waals surface area contributed by atoms with E-state index in [1.807, 2.05) is 0 Å². The van der Waals surface area contributed by atoms with E-state index < -0.39 is 5.38 Å². The zero-order valence-corrected chi connectivity index (χ0v) is 12.0. The summed E-state index contributed by atoms with van der Waals surface area (Å²) in [6.45, 7) is 0. The molecular weight excluding hydrogens is 293 g/mol. The molecule has 1 aliphatic rings. The van der Waals surface area contributed by atoms with Gasteiger partial charge in [-0.05, 0) is 24.5 Å². The molecule has 1 N–H and O–H groups in total. The van der Waals surface area contributed by atoms with Crippen LogP contribution < -0.4 is 5.32 Å². The van der Waals surface area contributed by atoms with Crippen molar-refractivity contribution >= 4 is 40.7 Å². The van der Waals surface area contributed by atoms with Crippen molar-refractivity contribution in [2.75, 3.05) is 0 Å². The Kier molecular flexibility index (Phi) is 4.77.